The smallest absolute Gasteiger partial charge is 0.0513 e. The number of nitrogens with zero attached hydrogens (tertiary/aromatic N) is 1. The number of aryl methyl sites for hydroxylation is 2. The second kappa shape index (κ2) is 5.93. The van der Waals surface area contributed by atoms with E-state index < -0.39 is 0 Å². The van der Waals surface area contributed by atoms with E-state index in [2.05, 4.69) is 65.4 Å². The number of benzene rings is 2. The molecule has 0 aliphatic rings. The Hall–Kier alpha value is -2.06. The monoisotopic (exact) mass is 264 g/mol. The van der Waals surface area contributed by atoms with Gasteiger partial charge in [-0.05, 0) is 42.0 Å². The number of fused-ring (bicyclic) bond motifs is 1. The van der Waals surface area contributed by atoms with Crippen LogP contribution in [0.15, 0.2) is 60.8 Å². The molecule has 20 heavy (non-hydrogen) atoms. The summed E-state index contributed by atoms with van der Waals surface area (Å²) in [6.45, 7) is 1.71. The first-order valence-corrected chi connectivity index (χ1v) is 7.19. The van der Waals surface area contributed by atoms with E-state index in [0.717, 1.165) is 19.4 Å². The van der Waals surface area contributed by atoms with E-state index in [1.807, 2.05) is 0 Å². The van der Waals surface area contributed by atoms with Crippen molar-refractivity contribution in [1.29, 1.82) is 0 Å². The molecule has 0 aliphatic carbocycles. The highest BCUT2D eigenvalue weighted by molar-refractivity contribution is 5.83. The number of nitrogens with two attached hydrogens (primary N) is 1. The predicted molar refractivity (Wildman–Crippen MR) is 84.8 cm³/mol. The van der Waals surface area contributed by atoms with Gasteiger partial charge >= 0.3 is 0 Å². The summed E-state index contributed by atoms with van der Waals surface area (Å²) in [6.07, 6.45) is 4.18. The molecule has 0 spiro atoms. The summed E-state index contributed by atoms with van der Waals surface area (Å²) in [6, 6.07) is 19.3. The van der Waals surface area contributed by atoms with Crippen LogP contribution in [0.4, 0.5) is 0 Å². The van der Waals surface area contributed by atoms with Gasteiger partial charge in [0.05, 0.1) is 5.52 Å². The SMILES string of the molecule is NCCc1cccc2ccn(CCc3ccccc3)c12. The minimum absolute atomic E-state index is 0.697. The molecule has 2 N–H and O–H groups in total. The summed E-state index contributed by atoms with van der Waals surface area (Å²) >= 11 is 0. The van der Waals surface area contributed by atoms with Crippen LogP contribution in [0.25, 0.3) is 10.9 Å². The van der Waals surface area contributed by atoms with E-state index in [0.29, 0.717) is 6.54 Å². The lowest BCUT2D eigenvalue weighted by Crippen LogP contribution is -2.06. The molecule has 0 aliphatic heterocycles. The molecule has 0 radical (unpaired) electrons. The standard InChI is InChI=1S/C18H20N2/c19-12-9-16-7-4-8-17-11-14-20(18(16)17)13-10-15-5-2-1-3-6-15/h1-8,11,14H,9-10,12-13,19H2. The molecule has 3 aromatic rings. The van der Waals surface area contributed by atoms with Crippen LogP contribution < -0.4 is 5.73 Å². The van der Waals surface area contributed by atoms with Gasteiger partial charge in [0.1, 0.15) is 0 Å². The molecule has 102 valence electrons. The quantitative estimate of drug-likeness (QED) is 0.752. The zero-order chi connectivity index (χ0) is 13.8. The van der Waals surface area contributed by atoms with E-state index in [1.165, 1.54) is 22.0 Å². The van der Waals surface area contributed by atoms with Crippen molar-refractivity contribution in [1.82, 2.24) is 4.57 Å². The van der Waals surface area contributed by atoms with Crippen LogP contribution in [0, 0.1) is 0 Å². The Bertz CT molecular complexity index is 683. The Morgan fingerprint density at radius 1 is 0.850 bits per heavy atom. The van der Waals surface area contributed by atoms with Gasteiger partial charge in [-0.3, -0.25) is 0 Å². The highest BCUT2D eigenvalue weighted by Crippen LogP contribution is 2.21. The molecule has 0 fully saturated rings. The molecule has 0 saturated heterocycles. The third-order valence-electron chi connectivity index (χ3n) is 3.77. The molecular formula is C18H20N2. The first-order valence-electron chi connectivity index (χ1n) is 7.19. The molecule has 2 heteroatoms. The average molecular weight is 264 g/mol. The van der Waals surface area contributed by atoms with Gasteiger partial charge in [-0.2, -0.15) is 0 Å². The molecule has 0 atom stereocenters. The molecule has 1 aromatic heterocycles. The molecule has 0 bridgehead atoms. The predicted octanol–water partition coefficient (Wildman–Crippen LogP) is 3.39. The fourth-order valence-electron chi connectivity index (χ4n) is 2.78. The lowest BCUT2D eigenvalue weighted by molar-refractivity contribution is 0.719. The molecule has 0 saturated carbocycles. The number of hydrogen-bond donors (Lipinski definition) is 1. The van der Waals surface area contributed by atoms with Crippen LogP contribution in [0.3, 0.4) is 0 Å². The maximum Gasteiger partial charge on any atom is 0.0513 e. The van der Waals surface area contributed by atoms with Crippen molar-refractivity contribution in [3.63, 3.8) is 0 Å². The van der Waals surface area contributed by atoms with Crippen LogP contribution in [0.5, 0.6) is 0 Å². The van der Waals surface area contributed by atoms with Crippen molar-refractivity contribution in [3.8, 4) is 0 Å². The second-order valence-corrected chi connectivity index (χ2v) is 5.14. The Kier molecular flexibility index (Phi) is 3.84. The van der Waals surface area contributed by atoms with Gasteiger partial charge in [0.2, 0.25) is 0 Å². The average Bonchev–Trinajstić information content (AvgIpc) is 2.91. The number of hydrogen-bond acceptors (Lipinski definition) is 1. The van der Waals surface area contributed by atoms with E-state index in [4.69, 9.17) is 5.73 Å². The van der Waals surface area contributed by atoms with Gasteiger partial charge in [-0.1, -0.05) is 48.5 Å². The Morgan fingerprint density at radius 2 is 1.70 bits per heavy atom. The second-order valence-electron chi connectivity index (χ2n) is 5.14. The highest BCUT2D eigenvalue weighted by atomic mass is 15.0. The van der Waals surface area contributed by atoms with E-state index in [1.54, 1.807) is 0 Å². The summed E-state index contributed by atoms with van der Waals surface area (Å²) in [5.74, 6) is 0. The largest absolute Gasteiger partial charge is 0.347 e. The summed E-state index contributed by atoms with van der Waals surface area (Å²) in [5, 5.41) is 1.31. The summed E-state index contributed by atoms with van der Waals surface area (Å²) in [7, 11) is 0. The van der Waals surface area contributed by atoms with Crippen LogP contribution in [0.2, 0.25) is 0 Å². The van der Waals surface area contributed by atoms with E-state index in [9.17, 15) is 0 Å². The minimum Gasteiger partial charge on any atom is -0.347 e. The normalized spacial score (nSPS) is 11.1. The van der Waals surface area contributed by atoms with Gasteiger partial charge in [-0.15, -0.1) is 0 Å². The molecular weight excluding hydrogens is 244 g/mol. The Labute approximate surface area is 119 Å². The molecule has 1 heterocycles. The lowest BCUT2D eigenvalue weighted by atomic mass is 10.1. The van der Waals surface area contributed by atoms with Gasteiger partial charge in [-0.25, -0.2) is 0 Å². The Balaban J connectivity index is 1.88. The maximum absolute atomic E-state index is 5.73. The zero-order valence-electron chi connectivity index (χ0n) is 11.6. The van der Waals surface area contributed by atoms with E-state index in [-0.39, 0.29) is 0 Å². The van der Waals surface area contributed by atoms with Gasteiger partial charge in [0, 0.05) is 12.7 Å². The van der Waals surface area contributed by atoms with Crippen molar-refractivity contribution in [2.45, 2.75) is 19.4 Å². The summed E-state index contributed by atoms with van der Waals surface area (Å²) in [5.41, 5.74) is 9.80. The fraction of sp³-hybridized carbons (Fsp3) is 0.222. The number of aromatic nitrogens is 1. The van der Waals surface area contributed by atoms with Gasteiger partial charge in [0.15, 0.2) is 0 Å². The molecule has 3 rings (SSSR count). The van der Waals surface area contributed by atoms with Crippen molar-refractivity contribution in [2.75, 3.05) is 6.54 Å². The lowest BCUT2D eigenvalue weighted by Gasteiger charge is -2.09. The number of para-hydroxylation sites is 1. The van der Waals surface area contributed by atoms with Crippen LogP contribution in [-0.2, 0) is 19.4 Å². The van der Waals surface area contributed by atoms with Crippen LogP contribution in [-0.4, -0.2) is 11.1 Å². The summed E-state index contributed by atoms with van der Waals surface area (Å²) < 4.78 is 2.35. The third kappa shape index (κ3) is 2.61. The first kappa shape index (κ1) is 12.9. The zero-order valence-corrected chi connectivity index (χ0v) is 11.6. The summed E-state index contributed by atoms with van der Waals surface area (Å²) in [4.78, 5) is 0. The molecule has 0 amide bonds. The Morgan fingerprint density at radius 3 is 2.50 bits per heavy atom. The third-order valence-corrected chi connectivity index (χ3v) is 3.77. The van der Waals surface area contributed by atoms with Gasteiger partial charge in [0.25, 0.3) is 0 Å². The minimum atomic E-state index is 0.697. The molecule has 0 unspecified atom stereocenters. The fourth-order valence-corrected chi connectivity index (χ4v) is 2.78. The first-order chi connectivity index (χ1) is 9.88. The van der Waals surface area contributed by atoms with E-state index >= 15 is 0 Å². The van der Waals surface area contributed by atoms with Crippen molar-refractivity contribution < 1.29 is 0 Å². The molecule has 2 aromatic carbocycles. The van der Waals surface area contributed by atoms with Crippen molar-refractivity contribution in [3.05, 3.63) is 71.9 Å². The van der Waals surface area contributed by atoms with Crippen LogP contribution in [0.1, 0.15) is 11.1 Å². The molecule has 2 nitrogen and oxygen atoms in total. The maximum atomic E-state index is 5.73. The van der Waals surface area contributed by atoms with Crippen molar-refractivity contribution in [2.24, 2.45) is 5.73 Å². The number of rotatable bonds is 5. The van der Waals surface area contributed by atoms with Crippen molar-refractivity contribution >= 4 is 10.9 Å². The topological polar surface area (TPSA) is 30.9 Å². The van der Waals surface area contributed by atoms with Gasteiger partial charge < -0.3 is 10.3 Å². The highest BCUT2D eigenvalue weighted by Gasteiger charge is 2.06. The van der Waals surface area contributed by atoms with Crippen LogP contribution >= 0.6 is 0 Å².